The maximum absolute atomic E-state index is 12.9. The van der Waals surface area contributed by atoms with Gasteiger partial charge in [0.15, 0.2) is 0 Å². The predicted molar refractivity (Wildman–Crippen MR) is 115 cm³/mol. The van der Waals surface area contributed by atoms with E-state index in [4.69, 9.17) is 5.73 Å². The van der Waals surface area contributed by atoms with Gasteiger partial charge in [0.05, 0.1) is 0 Å². The van der Waals surface area contributed by atoms with Crippen molar-refractivity contribution >= 4 is 11.8 Å². The number of rotatable bonds is 10. The van der Waals surface area contributed by atoms with Crippen LogP contribution in [-0.2, 0) is 25.8 Å². The first kappa shape index (κ1) is 21.7. The Labute approximate surface area is 168 Å². The molecule has 0 aromatic heterocycles. The van der Waals surface area contributed by atoms with Gasteiger partial charge in [-0.25, -0.2) is 0 Å². The van der Waals surface area contributed by atoms with E-state index in [9.17, 15) is 9.59 Å². The lowest BCUT2D eigenvalue weighted by Gasteiger charge is -2.16. The van der Waals surface area contributed by atoms with E-state index in [1.807, 2.05) is 31.2 Å². The minimum absolute atomic E-state index is 0.158. The van der Waals surface area contributed by atoms with Crippen LogP contribution in [0.2, 0.25) is 0 Å². The van der Waals surface area contributed by atoms with Crippen molar-refractivity contribution in [3.63, 3.8) is 0 Å². The molecule has 0 spiro atoms. The molecule has 2 amide bonds. The first-order chi connectivity index (χ1) is 13.5. The van der Waals surface area contributed by atoms with E-state index in [1.54, 1.807) is 0 Å². The molecule has 2 aromatic carbocycles. The lowest BCUT2D eigenvalue weighted by molar-refractivity contribution is 0.0950. The van der Waals surface area contributed by atoms with Gasteiger partial charge < -0.3 is 11.1 Å². The summed E-state index contributed by atoms with van der Waals surface area (Å²) in [7, 11) is 0. The van der Waals surface area contributed by atoms with Crippen molar-refractivity contribution in [3.8, 4) is 0 Å². The van der Waals surface area contributed by atoms with Crippen LogP contribution in [0, 0.1) is 0 Å². The van der Waals surface area contributed by atoms with E-state index in [0.717, 1.165) is 48.8 Å². The predicted octanol–water partition coefficient (Wildman–Crippen LogP) is 4.57. The largest absolute Gasteiger partial charge is 0.366 e. The third-order valence-corrected chi connectivity index (χ3v) is 4.89. The molecule has 0 unspecified atom stereocenters. The fourth-order valence-electron chi connectivity index (χ4n) is 3.66. The normalized spacial score (nSPS) is 10.7. The van der Waals surface area contributed by atoms with E-state index >= 15 is 0 Å². The number of amides is 2. The molecule has 4 nitrogen and oxygen atoms in total. The highest BCUT2D eigenvalue weighted by Crippen LogP contribution is 2.23. The number of carbonyl (C=O) groups excluding carboxylic acids is 2. The lowest BCUT2D eigenvalue weighted by atomic mass is 9.90. The minimum atomic E-state index is -0.450. The Morgan fingerprint density at radius 1 is 0.893 bits per heavy atom. The number of carbonyl (C=O) groups is 2. The van der Waals surface area contributed by atoms with Crippen molar-refractivity contribution in [2.24, 2.45) is 5.73 Å². The Bertz CT molecular complexity index is 827. The van der Waals surface area contributed by atoms with Crippen LogP contribution < -0.4 is 11.1 Å². The molecule has 3 N–H and O–H groups in total. The van der Waals surface area contributed by atoms with E-state index in [1.165, 1.54) is 5.56 Å². The van der Waals surface area contributed by atoms with Crippen molar-refractivity contribution < 1.29 is 9.59 Å². The molecule has 0 aliphatic rings. The molecule has 0 aliphatic carbocycles. The van der Waals surface area contributed by atoms with Gasteiger partial charge in [-0.1, -0.05) is 70.4 Å². The van der Waals surface area contributed by atoms with Gasteiger partial charge in [0.1, 0.15) is 0 Å². The maximum Gasteiger partial charge on any atom is 0.251 e. The summed E-state index contributed by atoms with van der Waals surface area (Å²) in [6.45, 7) is 6.72. The Balaban J connectivity index is 2.27. The molecule has 0 fully saturated rings. The zero-order chi connectivity index (χ0) is 20.5. The third-order valence-electron chi connectivity index (χ3n) is 4.89. The van der Waals surface area contributed by atoms with Crippen molar-refractivity contribution in [1.29, 1.82) is 0 Å². The second kappa shape index (κ2) is 10.6. The third kappa shape index (κ3) is 5.44. The zero-order valence-electron chi connectivity index (χ0n) is 17.3. The topological polar surface area (TPSA) is 72.2 Å². The number of aryl methyl sites for hydroxylation is 2. The molecule has 0 heterocycles. The molecule has 2 aromatic rings. The lowest BCUT2D eigenvalue weighted by Crippen LogP contribution is -2.26. The van der Waals surface area contributed by atoms with Crippen LogP contribution in [0.5, 0.6) is 0 Å². The van der Waals surface area contributed by atoms with E-state index in [0.29, 0.717) is 24.1 Å². The average Bonchev–Trinajstić information content (AvgIpc) is 2.67. The first-order valence-electron chi connectivity index (χ1n) is 10.3. The quantitative estimate of drug-likeness (QED) is 0.633. The van der Waals surface area contributed by atoms with Crippen LogP contribution in [0.1, 0.15) is 83.0 Å². The second-order valence-electron chi connectivity index (χ2n) is 7.24. The van der Waals surface area contributed by atoms with Crippen LogP contribution in [0.3, 0.4) is 0 Å². The molecule has 0 aliphatic heterocycles. The van der Waals surface area contributed by atoms with Gasteiger partial charge >= 0.3 is 0 Å². The molecular weight excluding hydrogens is 348 g/mol. The molecule has 28 heavy (non-hydrogen) atoms. The van der Waals surface area contributed by atoms with Gasteiger partial charge in [-0.2, -0.15) is 0 Å². The smallest absolute Gasteiger partial charge is 0.251 e. The van der Waals surface area contributed by atoms with Crippen molar-refractivity contribution in [3.05, 3.63) is 69.8 Å². The second-order valence-corrected chi connectivity index (χ2v) is 7.24. The van der Waals surface area contributed by atoms with Gasteiger partial charge in [-0.15, -0.1) is 0 Å². The van der Waals surface area contributed by atoms with Gasteiger partial charge in [0.2, 0.25) is 5.91 Å². The Kier molecular flexibility index (Phi) is 8.24. The summed E-state index contributed by atoms with van der Waals surface area (Å²) in [6, 6.07) is 12.0. The summed E-state index contributed by atoms with van der Waals surface area (Å²) < 4.78 is 0. The Morgan fingerprint density at radius 3 is 2.21 bits per heavy atom. The summed E-state index contributed by atoms with van der Waals surface area (Å²) in [5.41, 5.74) is 10.8. The van der Waals surface area contributed by atoms with E-state index in [-0.39, 0.29) is 5.91 Å². The molecule has 0 saturated heterocycles. The SMILES string of the molecule is CCCc1cccc(CNC(=O)c2ccc(CCC)c(C(N)=O)c2CCC)c1. The Morgan fingerprint density at radius 2 is 1.57 bits per heavy atom. The molecule has 0 radical (unpaired) electrons. The number of primary amides is 1. The molecule has 0 saturated carbocycles. The van der Waals surface area contributed by atoms with Crippen molar-refractivity contribution in [2.45, 2.75) is 65.8 Å². The highest BCUT2D eigenvalue weighted by atomic mass is 16.2. The highest BCUT2D eigenvalue weighted by molar-refractivity contribution is 6.02. The van der Waals surface area contributed by atoms with Crippen LogP contribution in [0.25, 0.3) is 0 Å². The monoisotopic (exact) mass is 380 g/mol. The number of nitrogens with one attached hydrogen (secondary N) is 1. The van der Waals surface area contributed by atoms with Crippen molar-refractivity contribution in [1.82, 2.24) is 5.32 Å². The number of nitrogens with two attached hydrogens (primary N) is 1. The highest BCUT2D eigenvalue weighted by Gasteiger charge is 2.20. The van der Waals surface area contributed by atoms with Crippen LogP contribution in [0.4, 0.5) is 0 Å². The van der Waals surface area contributed by atoms with Gasteiger partial charge in [0.25, 0.3) is 5.91 Å². The first-order valence-corrected chi connectivity index (χ1v) is 10.3. The number of hydrogen-bond donors (Lipinski definition) is 2. The number of hydrogen-bond acceptors (Lipinski definition) is 2. The zero-order valence-corrected chi connectivity index (χ0v) is 17.3. The minimum Gasteiger partial charge on any atom is -0.366 e. The molecule has 150 valence electrons. The van der Waals surface area contributed by atoms with Gasteiger partial charge in [-0.3, -0.25) is 9.59 Å². The summed E-state index contributed by atoms with van der Waals surface area (Å²) in [5, 5.41) is 3.01. The fraction of sp³-hybridized carbons (Fsp3) is 0.417. The summed E-state index contributed by atoms with van der Waals surface area (Å²) in [5.74, 6) is -0.608. The summed E-state index contributed by atoms with van der Waals surface area (Å²) in [4.78, 5) is 25.0. The molecule has 2 rings (SSSR count). The average molecular weight is 381 g/mol. The summed E-state index contributed by atoms with van der Waals surface area (Å²) >= 11 is 0. The van der Waals surface area contributed by atoms with Crippen molar-refractivity contribution in [2.75, 3.05) is 0 Å². The maximum atomic E-state index is 12.9. The number of benzene rings is 2. The fourth-order valence-corrected chi connectivity index (χ4v) is 3.66. The van der Waals surface area contributed by atoms with E-state index in [2.05, 4.69) is 31.3 Å². The van der Waals surface area contributed by atoms with Gasteiger partial charge in [0, 0.05) is 17.7 Å². The van der Waals surface area contributed by atoms with Crippen LogP contribution >= 0.6 is 0 Å². The standard InChI is InChI=1S/C24H32N2O2/c1-4-8-17-11-7-12-18(15-17)16-26-24(28)21-14-13-19(9-5-2)22(23(25)27)20(21)10-6-3/h7,11-15H,4-6,8-10,16H2,1-3H3,(H2,25,27)(H,26,28). The van der Waals surface area contributed by atoms with E-state index < -0.39 is 5.91 Å². The molecule has 4 heteroatoms. The van der Waals surface area contributed by atoms with Crippen LogP contribution in [-0.4, -0.2) is 11.8 Å². The summed E-state index contributed by atoms with van der Waals surface area (Å²) in [6.07, 6.45) is 5.33. The van der Waals surface area contributed by atoms with Gasteiger partial charge in [-0.05, 0) is 47.6 Å². The molecule has 0 bridgehead atoms. The molecule has 0 atom stereocenters. The van der Waals surface area contributed by atoms with Crippen LogP contribution in [0.15, 0.2) is 36.4 Å². The molecular formula is C24H32N2O2. The Hall–Kier alpha value is -2.62.